The van der Waals surface area contributed by atoms with Gasteiger partial charge < -0.3 is 20.8 Å². The Balaban J connectivity index is 1.80. The average Bonchev–Trinajstić information content (AvgIpc) is 3.02. The number of hydrogen-bond donors (Lipinski definition) is 4. The molecular formula is C37H32F6N2O6. The summed E-state index contributed by atoms with van der Waals surface area (Å²) in [6, 6.07) is 12.1. The van der Waals surface area contributed by atoms with E-state index in [2.05, 4.69) is 10.6 Å². The molecule has 0 heterocycles. The highest BCUT2D eigenvalue weighted by Crippen LogP contribution is 2.44. The number of Topliss-reactive ketones (excluding diaryl/α,β-unsaturated/α-hetero) is 1. The molecule has 8 nitrogen and oxygen atoms in total. The van der Waals surface area contributed by atoms with Gasteiger partial charge in [0.15, 0.2) is 5.78 Å². The van der Waals surface area contributed by atoms with Crippen LogP contribution < -0.4 is 10.6 Å². The van der Waals surface area contributed by atoms with Crippen LogP contribution in [0.15, 0.2) is 72.8 Å². The van der Waals surface area contributed by atoms with Crippen LogP contribution in [-0.2, 0) is 12.4 Å². The minimum Gasteiger partial charge on any atom is -0.478 e. The number of hydrogen-bond acceptors (Lipinski definition) is 5. The topological polar surface area (TPSA) is 133 Å². The quantitative estimate of drug-likeness (QED) is 0.100. The number of amides is 1. The molecule has 51 heavy (non-hydrogen) atoms. The fourth-order valence-corrected chi connectivity index (χ4v) is 5.33. The van der Waals surface area contributed by atoms with Crippen LogP contribution in [0, 0.1) is 5.41 Å². The number of benzene rings is 4. The maximum Gasteiger partial charge on any atom is 0.417 e. The molecule has 0 saturated heterocycles. The normalized spacial score (nSPS) is 12.1. The summed E-state index contributed by atoms with van der Waals surface area (Å²) in [5, 5.41) is 24.4. The summed E-state index contributed by atoms with van der Waals surface area (Å²) < 4.78 is 85.4. The second-order valence-corrected chi connectivity index (χ2v) is 13.0. The van der Waals surface area contributed by atoms with Crippen molar-refractivity contribution < 1.29 is 55.7 Å². The Labute approximate surface area is 288 Å². The zero-order valence-corrected chi connectivity index (χ0v) is 27.8. The molecule has 0 unspecified atom stereocenters. The number of ketones is 1. The molecule has 0 atom stereocenters. The maximum absolute atomic E-state index is 14.4. The van der Waals surface area contributed by atoms with Gasteiger partial charge in [-0.2, -0.15) is 26.3 Å². The number of carboxylic acids is 2. The molecule has 0 bridgehead atoms. The Morgan fingerprint density at radius 1 is 0.588 bits per heavy atom. The van der Waals surface area contributed by atoms with E-state index in [4.69, 9.17) is 0 Å². The predicted molar refractivity (Wildman–Crippen MR) is 178 cm³/mol. The lowest BCUT2D eigenvalue weighted by molar-refractivity contribution is -0.139. The van der Waals surface area contributed by atoms with Crippen molar-refractivity contribution in [1.29, 1.82) is 0 Å². The Morgan fingerprint density at radius 2 is 1.02 bits per heavy atom. The van der Waals surface area contributed by atoms with Crippen molar-refractivity contribution in [1.82, 2.24) is 0 Å². The van der Waals surface area contributed by atoms with Crippen molar-refractivity contribution in [3.05, 3.63) is 106 Å². The van der Waals surface area contributed by atoms with E-state index in [1.54, 1.807) is 34.6 Å². The molecule has 0 saturated carbocycles. The molecule has 0 aliphatic rings. The van der Waals surface area contributed by atoms with Gasteiger partial charge in [-0.15, -0.1) is 0 Å². The fraction of sp³-hybridized carbons (Fsp3) is 0.243. The number of carbonyl (C=O) groups is 4. The third-order valence-electron chi connectivity index (χ3n) is 7.66. The van der Waals surface area contributed by atoms with Crippen LogP contribution in [0.4, 0.5) is 37.7 Å². The molecule has 0 fully saturated rings. The first-order chi connectivity index (χ1) is 23.5. The van der Waals surface area contributed by atoms with E-state index in [1.807, 2.05) is 0 Å². The lowest BCUT2D eigenvalue weighted by Gasteiger charge is -2.20. The van der Waals surface area contributed by atoms with Gasteiger partial charge in [0.2, 0.25) is 0 Å². The SMILES string of the molecule is CC(C)Nc1ccc(-c2ccc(NC(=O)c3cc(-c4ccc(C(=O)O)c(C(=O)C(C)(C)C)c4)ccc3C(=O)O)cc2C(F)(F)F)c(C(F)(F)F)c1. The van der Waals surface area contributed by atoms with Gasteiger partial charge in [-0.25, -0.2) is 9.59 Å². The molecule has 4 rings (SSSR count). The van der Waals surface area contributed by atoms with Gasteiger partial charge in [0.05, 0.1) is 27.8 Å². The standard InChI is InChI=1S/C37H32F6N2O6/c1-18(2)44-21-8-12-23(29(16-21)36(38,39)40)24-13-9-22(17-30(24)37(41,42)43)45-32(47)28-15-20(7-11-26(28)34(50)51)19-6-10-25(33(48)49)27(14-19)31(46)35(3,4)5/h6-18,44H,1-5H3,(H,45,47)(H,48,49)(H,50,51). The first kappa shape index (κ1) is 38.1. The molecule has 0 aromatic heterocycles. The molecule has 4 N–H and O–H groups in total. The largest absolute Gasteiger partial charge is 0.478 e. The number of rotatable bonds is 9. The summed E-state index contributed by atoms with van der Waals surface area (Å²) in [7, 11) is 0. The summed E-state index contributed by atoms with van der Waals surface area (Å²) in [5.41, 5.74) is -6.84. The smallest absolute Gasteiger partial charge is 0.417 e. The van der Waals surface area contributed by atoms with E-state index in [0.717, 1.165) is 30.3 Å². The molecule has 14 heteroatoms. The van der Waals surface area contributed by atoms with E-state index in [1.165, 1.54) is 30.3 Å². The molecule has 4 aromatic carbocycles. The van der Waals surface area contributed by atoms with E-state index in [0.29, 0.717) is 12.1 Å². The van der Waals surface area contributed by atoms with Crippen LogP contribution in [0.1, 0.15) is 87.2 Å². The van der Waals surface area contributed by atoms with Crippen molar-refractivity contribution in [2.75, 3.05) is 10.6 Å². The van der Waals surface area contributed by atoms with E-state index in [-0.39, 0.29) is 34.0 Å². The Kier molecular flexibility index (Phi) is 10.4. The van der Waals surface area contributed by atoms with Crippen molar-refractivity contribution in [3.8, 4) is 22.3 Å². The Hall–Kier alpha value is -5.66. The number of carboxylic acid groups (broad SMARTS) is 2. The van der Waals surface area contributed by atoms with Crippen LogP contribution >= 0.6 is 0 Å². The van der Waals surface area contributed by atoms with Gasteiger partial charge in [-0.3, -0.25) is 9.59 Å². The van der Waals surface area contributed by atoms with Crippen LogP contribution in [0.5, 0.6) is 0 Å². The Morgan fingerprint density at radius 3 is 1.45 bits per heavy atom. The number of halogens is 6. The summed E-state index contributed by atoms with van der Waals surface area (Å²) in [6.07, 6.45) is -10.2. The van der Waals surface area contributed by atoms with Crippen LogP contribution in [0.25, 0.3) is 22.3 Å². The van der Waals surface area contributed by atoms with Crippen molar-refractivity contribution in [2.45, 2.75) is 53.0 Å². The summed E-state index contributed by atoms with van der Waals surface area (Å²) >= 11 is 0. The van der Waals surface area contributed by atoms with Gasteiger partial charge in [0, 0.05) is 28.4 Å². The van der Waals surface area contributed by atoms with Crippen LogP contribution in [0.2, 0.25) is 0 Å². The minimum absolute atomic E-state index is 0.0461. The average molecular weight is 715 g/mol. The van der Waals surface area contributed by atoms with Crippen molar-refractivity contribution >= 4 is 35.0 Å². The molecule has 0 aliphatic carbocycles. The lowest BCUT2D eigenvalue weighted by Crippen LogP contribution is -2.23. The van der Waals surface area contributed by atoms with Gasteiger partial charge in [0.25, 0.3) is 5.91 Å². The summed E-state index contributed by atoms with van der Waals surface area (Å²) in [4.78, 5) is 50.4. The van der Waals surface area contributed by atoms with Gasteiger partial charge in [0.1, 0.15) is 0 Å². The zero-order chi connectivity index (χ0) is 38.2. The summed E-state index contributed by atoms with van der Waals surface area (Å²) in [5.74, 6) is -4.59. The molecule has 0 aliphatic heterocycles. The van der Waals surface area contributed by atoms with Crippen molar-refractivity contribution in [2.24, 2.45) is 5.41 Å². The van der Waals surface area contributed by atoms with Gasteiger partial charge in [-0.1, -0.05) is 45.0 Å². The summed E-state index contributed by atoms with van der Waals surface area (Å²) in [6.45, 7) is 8.12. The monoisotopic (exact) mass is 714 g/mol. The van der Waals surface area contributed by atoms with Gasteiger partial charge >= 0.3 is 24.3 Å². The Bertz CT molecular complexity index is 2040. The molecular weight excluding hydrogens is 682 g/mol. The third-order valence-corrected chi connectivity index (χ3v) is 7.66. The minimum atomic E-state index is -5.18. The fourth-order valence-electron chi connectivity index (χ4n) is 5.33. The molecule has 0 radical (unpaired) electrons. The highest BCUT2D eigenvalue weighted by Gasteiger charge is 2.39. The number of anilines is 2. The number of carbonyl (C=O) groups excluding carboxylic acids is 2. The second kappa shape index (κ2) is 13.9. The first-order valence-corrected chi connectivity index (χ1v) is 15.3. The van der Waals surface area contributed by atoms with Crippen LogP contribution in [-0.4, -0.2) is 39.9 Å². The molecule has 0 spiro atoms. The predicted octanol–water partition coefficient (Wildman–Crippen LogP) is 9.76. The first-order valence-electron chi connectivity index (χ1n) is 15.3. The maximum atomic E-state index is 14.4. The van der Waals surface area contributed by atoms with Crippen molar-refractivity contribution in [3.63, 3.8) is 0 Å². The number of aromatic carboxylic acids is 2. The van der Waals surface area contributed by atoms with E-state index >= 15 is 0 Å². The third kappa shape index (κ3) is 8.56. The van der Waals surface area contributed by atoms with Crippen LogP contribution in [0.3, 0.4) is 0 Å². The second-order valence-electron chi connectivity index (χ2n) is 13.0. The van der Waals surface area contributed by atoms with E-state index in [9.17, 15) is 55.7 Å². The van der Waals surface area contributed by atoms with Gasteiger partial charge in [-0.05, 0) is 84.6 Å². The number of alkyl halides is 6. The highest BCUT2D eigenvalue weighted by atomic mass is 19.4. The highest BCUT2D eigenvalue weighted by molar-refractivity contribution is 6.12. The zero-order valence-electron chi connectivity index (χ0n) is 27.8. The molecule has 4 aromatic rings. The lowest BCUT2D eigenvalue weighted by atomic mass is 9.83. The molecule has 1 amide bonds. The van der Waals surface area contributed by atoms with E-state index < -0.39 is 80.5 Å². The molecule has 268 valence electrons. The number of nitrogens with one attached hydrogen (secondary N) is 2.